The van der Waals surface area contributed by atoms with Crippen LogP contribution in [0.15, 0.2) is 24.3 Å². The maximum atomic E-state index is 12.8. The molecule has 0 bridgehead atoms. The summed E-state index contributed by atoms with van der Waals surface area (Å²) in [6, 6.07) is 6.48. The van der Waals surface area contributed by atoms with E-state index in [1.54, 1.807) is 12.1 Å². The number of aromatic nitrogens is 3. The minimum absolute atomic E-state index is 0.241. The topological polar surface area (TPSA) is 72.0 Å². The van der Waals surface area contributed by atoms with Crippen molar-refractivity contribution in [3.8, 4) is 6.01 Å². The maximum absolute atomic E-state index is 12.8. The van der Waals surface area contributed by atoms with Crippen LogP contribution in [0, 0.1) is 5.82 Å². The third kappa shape index (κ3) is 4.55. The van der Waals surface area contributed by atoms with Gasteiger partial charge in [-0.05, 0) is 24.1 Å². The van der Waals surface area contributed by atoms with Gasteiger partial charge in [0.2, 0.25) is 11.9 Å². The zero-order chi connectivity index (χ0) is 15.1. The van der Waals surface area contributed by atoms with Crippen molar-refractivity contribution in [2.24, 2.45) is 0 Å². The SMILES string of the molecule is CCCNc1nc(NCc2ccc(F)cc2)nc(OC)n1. The van der Waals surface area contributed by atoms with Crippen LogP contribution >= 0.6 is 0 Å². The molecule has 21 heavy (non-hydrogen) atoms. The second-order valence-electron chi connectivity index (χ2n) is 4.38. The van der Waals surface area contributed by atoms with Crippen LogP contribution in [0.3, 0.4) is 0 Å². The standard InChI is InChI=1S/C14H18FN5O/c1-3-8-16-12-18-13(20-14(19-12)21-2)17-9-10-4-6-11(15)7-5-10/h4-7H,3,8-9H2,1-2H3,(H2,16,17,18,19,20). The van der Waals surface area contributed by atoms with Crippen LogP contribution in [0.25, 0.3) is 0 Å². The second kappa shape index (κ2) is 7.37. The molecule has 0 saturated carbocycles. The van der Waals surface area contributed by atoms with E-state index in [1.165, 1.54) is 19.2 Å². The first kappa shape index (κ1) is 15.0. The number of rotatable bonds is 7. The van der Waals surface area contributed by atoms with Gasteiger partial charge in [-0.1, -0.05) is 19.1 Å². The summed E-state index contributed by atoms with van der Waals surface area (Å²) in [5, 5.41) is 6.15. The predicted molar refractivity (Wildman–Crippen MR) is 78.9 cm³/mol. The van der Waals surface area contributed by atoms with Crippen molar-refractivity contribution in [1.29, 1.82) is 0 Å². The maximum Gasteiger partial charge on any atom is 0.322 e. The molecule has 0 aliphatic heterocycles. The fourth-order valence-electron chi connectivity index (χ4n) is 1.63. The zero-order valence-corrected chi connectivity index (χ0v) is 12.1. The normalized spacial score (nSPS) is 10.2. The largest absolute Gasteiger partial charge is 0.467 e. The molecule has 0 spiro atoms. The number of hydrogen-bond acceptors (Lipinski definition) is 6. The lowest BCUT2D eigenvalue weighted by atomic mass is 10.2. The van der Waals surface area contributed by atoms with Gasteiger partial charge in [-0.15, -0.1) is 0 Å². The summed E-state index contributed by atoms with van der Waals surface area (Å²) in [5.74, 6) is 0.613. The van der Waals surface area contributed by atoms with Crippen molar-refractivity contribution in [2.75, 3.05) is 24.3 Å². The lowest BCUT2D eigenvalue weighted by Crippen LogP contribution is -2.10. The summed E-state index contributed by atoms with van der Waals surface area (Å²) in [6.45, 7) is 3.31. The second-order valence-corrected chi connectivity index (χ2v) is 4.38. The van der Waals surface area contributed by atoms with E-state index in [2.05, 4.69) is 32.5 Å². The van der Waals surface area contributed by atoms with Crippen molar-refractivity contribution in [3.05, 3.63) is 35.6 Å². The number of ether oxygens (including phenoxy) is 1. The molecule has 112 valence electrons. The first-order valence-electron chi connectivity index (χ1n) is 6.73. The molecule has 1 heterocycles. The molecule has 6 nitrogen and oxygen atoms in total. The summed E-state index contributed by atoms with van der Waals surface area (Å²) in [7, 11) is 1.50. The fraction of sp³-hybridized carbons (Fsp3) is 0.357. The molecule has 0 amide bonds. The quantitative estimate of drug-likeness (QED) is 0.816. The number of hydrogen-bond donors (Lipinski definition) is 2. The Morgan fingerprint density at radius 3 is 2.33 bits per heavy atom. The van der Waals surface area contributed by atoms with Gasteiger partial charge in [-0.25, -0.2) is 4.39 Å². The van der Waals surface area contributed by atoms with Gasteiger partial charge in [0, 0.05) is 13.1 Å². The first-order valence-corrected chi connectivity index (χ1v) is 6.73. The molecule has 0 saturated heterocycles. The van der Waals surface area contributed by atoms with Crippen molar-refractivity contribution in [3.63, 3.8) is 0 Å². The number of halogens is 1. The Kier molecular flexibility index (Phi) is 5.25. The molecule has 2 N–H and O–H groups in total. The van der Waals surface area contributed by atoms with Crippen molar-refractivity contribution < 1.29 is 9.13 Å². The molecule has 0 aliphatic carbocycles. The molecule has 1 aromatic heterocycles. The van der Waals surface area contributed by atoms with E-state index in [0.29, 0.717) is 18.4 Å². The Labute approximate surface area is 122 Å². The smallest absolute Gasteiger partial charge is 0.322 e. The molecule has 0 fully saturated rings. The van der Waals surface area contributed by atoms with Gasteiger partial charge in [0.15, 0.2) is 0 Å². The van der Waals surface area contributed by atoms with Gasteiger partial charge in [-0.3, -0.25) is 0 Å². The van der Waals surface area contributed by atoms with Gasteiger partial charge in [0.05, 0.1) is 7.11 Å². The van der Waals surface area contributed by atoms with Crippen molar-refractivity contribution >= 4 is 11.9 Å². The molecular weight excluding hydrogens is 273 g/mol. The van der Waals surface area contributed by atoms with E-state index in [-0.39, 0.29) is 11.8 Å². The molecule has 2 rings (SSSR count). The molecule has 0 radical (unpaired) electrons. The molecular formula is C14H18FN5O. The Morgan fingerprint density at radius 2 is 1.71 bits per heavy atom. The average molecular weight is 291 g/mol. The molecule has 0 atom stereocenters. The van der Waals surface area contributed by atoms with Crippen LogP contribution in [0.1, 0.15) is 18.9 Å². The molecule has 0 aliphatic rings. The highest BCUT2D eigenvalue weighted by molar-refractivity contribution is 5.36. The van der Waals surface area contributed by atoms with Crippen LogP contribution in [0.5, 0.6) is 6.01 Å². The number of benzene rings is 1. The summed E-state index contributed by atoms with van der Waals surface area (Å²) in [4.78, 5) is 12.5. The monoisotopic (exact) mass is 291 g/mol. The molecule has 7 heteroatoms. The van der Waals surface area contributed by atoms with Gasteiger partial charge in [-0.2, -0.15) is 15.0 Å². The average Bonchev–Trinajstić information content (AvgIpc) is 2.52. The predicted octanol–water partition coefficient (Wildman–Crippen LogP) is 2.45. The van der Waals surface area contributed by atoms with Gasteiger partial charge >= 0.3 is 6.01 Å². The highest BCUT2D eigenvalue weighted by atomic mass is 19.1. The van der Waals surface area contributed by atoms with Crippen LogP contribution in [-0.2, 0) is 6.54 Å². The van der Waals surface area contributed by atoms with E-state index in [0.717, 1.165) is 18.5 Å². The van der Waals surface area contributed by atoms with E-state index in [1.807, 2.05) is 0 Å². The Hall–Kier alpha value is -2.44. The Morgan fingerprint density at radius 1 is 1.05 bits per heavy atom. The lowest BCUT2D eigenvalue weighted by Gasteiger charge is -2.09. The van der Waals surface area contributed by atoms with Crippen LogP contribution < -0.4 is 15.4 Å². The first-order chi connectivity index (χ1) is 10.2. The minimum atomic E-state index is -0.258. The number of nitrogens with zero attached hydrogens (tertiary/aromatic N) is 3. The van der Waals surface area contributed by atoms with Crippen molar-refractivity contribution in [2.45, 2.75) is 19.9 Å². The van der Waals surface area contributed by atoms with Crippen molar-refractivity contribution in [1.82, 2.24) is 15.0 Å². The highest BCUT2D eigenvalue weighted by Crippen LogP contribution is 2.12. The van der Waals surface area contributed by atoms with Crippen LogP contribution in [-0.4, -0.2) is 28.6 Å². The third-order valence-electron chi connectivity index (χ3n) is 2.69. The number of methoxy groups -OCH3 is 1. The third-order valence-corrected chi connectivity index (χ3v) is 2.69. The van der Waals surface area contributed by atoms with Gasteiger partial charge in [0.1, 0.15) is 5.82 Å². The van der Waals surface area contributed by atoms with Crippen LogP contribution in [0.4, 0.5) is 16.3 Å². The van der Waals surface area contributed by atoms with Crippen LogP contribution in [0.2, 0.25) is 0 Å². The van der Waals surface area contributed by atoms with Gasteiger partial charge < -0.3 is 15.4 Å². The van der Waals surface area contributed by atoms with E-state index < -0.39 is 0 Å². The van der Waals surface area contributed by atoms with E-state index in [4.69, 9.17) is 4.74 Å². The number of nitrogens with one attached hydrogen (secondary N) is 2. The lowest BCUT2D eigenvalue weighted by molar-refractivity contribution is 0.379. The molecule has 0 unspecified atom stereocenters. The Balaban J connectivity index is 2.05. The summed E-state index contributed by atoms with van der Waals surface area (Å²) in [6.07, 6.45) is 0.965. The number of anilines is 2. The molecule has 2 aromatic rings. The summed E-state index contributed by atoms with van der Waals surface area (Å²) >= 11 is 0. The van der Waals surface area contributed by atoms with Gasteiger partial charge in [0.25, 0.3) is 0 Å². The van der Waals surface area contributed by atoms with E-state index in [9.17, 15) is 4.39 Å². The minimum Gasteiger partial charge on any atom is -0.467 e. The summed E-state index contributed by atoms with van der Waals surface area (Å²) < 4.78 is 17.9. The fourth-order valence-corrected chi connectivity index (χ4v) is 1.63. The van der Waals surface area contributed by atoms with E-state index >= 15 is 0 Å². The zero-order valence-electron chi connectivity index (χ0n) is 12.1. The summed E-state index contributed by atoms with van der Waals surface area (Å²) in [5.41, 5.74) is 0.929. The highest BCUT2D eigenvalue weighted by Gasteiger charge is 2.06. The Bertz CT molecular complexity index is 576. The molecule has 1 aromatic carbocycles.